The smallest absolute Gasteiger partial charge is 0.266 e. The van der Waals surface area contributed by atoms with Gasteiger partial charge < -0.3 is 14.7 Å². The first-order valence-corrected chi connectivity index (χ1v) is 7.98. The van der Waals surface area contributed by atoms with Crippen molar-refractivity contribution in [1.29, 1.82) is 0 Å². The number of piperidine rings is 1. The van der Waals surface area contributed by atoms with Gasteiger partial charge in [0.05, 0.1) is 0 Å². The van der Waals surface area contributed by atoms with E-state index in [-0.39, 0.29) is 12.4 Å². The highest BCUT2D eigenvalue weighted by Crippen LogP contribution is 2.39. The molecule has 5 nitrogen and oxygen atoms in total. The molecule has 0 aromatic carbocycles. The van der Waals surface area contributed by atoms with E-state index in [1.54, 1.807) is 0 Å². The number of anilines is 1. The number of hydrogen-bond donors (Lipinski definition) is 1. The Morgan fingerprint density at radius 2 is 1.90 bits per heavy atom. The van der Waals surface area contributed by atoms with E-state index in [0.717, 1.165) is 24.9 Å². The van der Waals surface area contributed by atoms with Gasteiger partial charge in [-0.15, -0.1) is 12.4 Å². The van der Waals surface area contributed by atoms with Gasteiger partial charge in [-0.1, -0.05) is 13.8 Å². The van der Waals surface area contributed by atoms with Gasteiger partial charge in [-0.3, -0.25) is 0 Å². The Morgan fingerprint density at radius 1 is 1.14 bits per heavy atom. The van der Waals surface area contributed by atoms with Gasteiger partial charge >= 0.3 is 0 Å². The summed E-state index contributed by atoms with van der Waals surface area (Å²) in [7, 11) is 0. The van der Waals surface area contributed by atoms with Gasteiger partial charge in [0.2, 0.25) is 5.89 Å². The molecule has 0 radical (unpaired) electrons. The average molecular weight is 315 g/mol. The minimum absolute atomic E-state index is 0. The first kappa shape index (κ1) is 16.6. The number of rotatable bonds is 2. The second kappa shape index (κ2) is 6.97. The largest absolute Gasteiger partial charge is 0.338 e. The van der Waals surface area contributed by atoms with Gasteiger partial charge in [0, 0.05) is 19.0 Å². The number of halogens is 1. The minimum Gasteiger partial charge on any atom is -0.338 e. The molecule has 1 N–H and O–H groups in total. The van der Waals surface area contributed by atoms with Crippen molar-refractivity contribution in [2.75, 3.05) is 31.1 Å². The van der Waals surface area contributed by atoms with Crippen LogP contribution in [0, 0.1) is 5.41 Å². The Bertz CT molecular complexity index is 443. The van der Waals surface area contributed by atoms with Crippen molar-refractivity contribution in [3.05, 3.63) is 5.89 Å². The zero-order chi connectivity index (χ0) is 14.0. The van der Waals surface area contributed by atoms with E-state index < -0.39 is 0 Å². The number of nitrogens with zero attached hydrogens (tertiary/aromatic N) is 3. The topological polar surface area (TPSA) is 54.2 Å². The third kappa shape index (κ3) is 3.69. The molecule has 0 amide bonds. The molecule has 21 heavy (non-hydrogen) atoms. The lowest BCUT2D eigenvalue weighted by atomic mass is 9.73. The summed E-state index contributed by atoms with van der Waals surface area (Å²) in [6.07, 6.45) is 6.50. The summed E-state index contributed by atoms with van der Waals surface area (Å²) in [5.41, 5.74) is 0.560. The molecular weight excluding hydrogens is 288 g/mol. The van der Waals surface area contributed by atoms with Crippen LogP contribution < -0.4 is 10.2 Å². The van der Waals surface area contributed by atoms with Crippen LogP contribution in [0.15, 0.2) is 4.52 Å². The minimum atomic E-state index is 0. The predicted octanol–water partition coefficient (Wildman–Crippen LogP) is 2.97. The molecule has 2 saturated heterocycles. The molecule has 2 fully saturated rings. The first-order valence-electron chi connectivity index (χ1n) is 7.98. The Hall–Kier alpha value is -0.810. The number of nitrogens with one attached hydrogen (secondary N) is 1. The molecule has 1 spiro atoms. The third-order valence-corrected chi connectivity index (χ3v) is 4.92. The monoisotopic (exact) mass is 314 g/mol. The second-order valence-corrected chi connectivity index (χ2v) is 6.68. The fourth-order valence-corrected chi connectivity index (χ4v) is 3.50. The van der Waals surface area contributed by atoms with Crippen molar-refractivity contribution in [2.45, 2.75) is 51.9 Å². The van der Waals surface area contributed by atoms with Crippen molar-refractivity contribution >= 4 is 18.4 Å². The van der Waals surface area contributed by atoms with Crippen LogP contribution in [0.5, 0.6) is 0 Å². The van der Waals surface area contributed by atoms with Crippen molar-refractivity contribution in [3.63, 3.8) is 0 Å². The van der Waals surface area contributed by atoms with Crippen LogP contribution in [-0.2, 0) is 0 Å². The van der Waals surface area contributed by atoms with Gasteiger partial charge in [0.15, 0.2) is 0 Å². The molecule has 2 aliphatic heterocycles. The Morgan fingerprint density at radius 3 is 2.57 bits per heavy atom. The van der Waals surface area contributed by atoms with Crippen molar-refractivity contribution in [3.8, 4) is 0 Å². The zero-order valence-electron chi connectivity index (χ0n) is 13.1. The van der Waals surface area contributed by atoms with Gasteiger partial charge in [-0.2, -0.15) is 4.98 Å². The van der Waals surface area contributed by atoms with Crippen LogP contribution in [0.4, 0.5) is 5.95 Å². The van der Waals surface area contributed by atoms with Crippen LogP contribution in [0.1, 0.15) is 57.8 Å². The van der Waals surface area contributed by atoms with E-state index in [9.17, 15) is 0 Å². The van der Waals surface area contributed by atoms with Gasteiger partial charge in [0.1, 0.15) is 0 Å². The fraction of sp³-hybridized carbons (Fsp3) is 0.867. The van der Waals surface area contributed by atoms with E-state index in [1.165, 1.54) is 45.2 Å². The molecular formula is C15H27ClN4O. The van der Waals surface area contributed by atoms with E-state index in [1.807, 2.05) is 0 Å². The summed E-state index contributed by atoms with van der Waals surface area (Å²) in [6, 6.07) is 0. The summed E-state index contributed by atoms with van der Waals surface area (Å²) in [5.74, 6) is 1.85. The van der Waals surface area contributed by atoms with Crippen molar-refractivity contribution in [1.82, 2.24) is 15.5 Å². The molecule has 2 aliphatic rings. The molecule has 0 atom stereocenters. The molecule has 6 heteroatoms. The summed E-state index contributed by atoms with van der Waals surface area (Å²) >= 11 is 0. The maximum absolute atomic E-state index is 5.34. The summed E-state index contributed by atoms with van der Waals surface area (Å²) < 4.78 is 5.34. The Balaban J connectivity index is 0.00000161. The van der Waals surface area contributed by atoms with E-state index in [4.69, 9.17) is 4.52 Å². The van der Waals surface area contributed by atoms with Crippen molar-refractivity contribution in [2.24, 2.45) is 5.41 Å². The molecule has 0 saturated carbocycles. The molecule has 0 bridgehead atoms. The summed E-state index contributed by atoms with van der Waals surface area (Å²) in [5, 5.41) is 7.65. The lowest BCUT2D eigenvalue weighted by molar-refractivity contribution is 0.178. The van der Waals surface area contributed by atoms with Gasteiger partial charge in [-0.25, -0.2) is 0 Å². The molecule has 1 aromatic rings. The van der Waals surface area contributed by atoms with Crippen LogP contribution in [0.25, 0.3) is 0 Å². The zero-order valence-corrected chi connectivity index (χ0v) is 13.9. The lowest BCUT2D eigenvalue weighted by Gasteiger charge is -2.36. The maximum atomic E-state index is 5.34. The van der Waals surface area contributed by atoms with Crippen LogP contribution in [0.3, 0.4) is 0 Å². The van der Waals surface area contributed by atoms with Gasteiger partial charge in [-0.05, 0) is 55.8 Å². The van der Waals surface area contributed by atoms with Crippen LogP contribution >= 0.6 is 12.4 Å². The molecule has 0 aliphatic carbocycles. The highest BCUT2D eigenvalue weighted by atomic mass is 35.5. The molecule has 3 rings (SSSR count). The standard InChI is InChI=1S/C15H26N4O.ClH/c1-12(2)13-17-14(18-20-13)19-10-3-4-15(7-11-19)5-8-16-9-6-15;/h12,16H,3-11H2,1-2H3;1H. The van der Waals surface area contributed by atoms with E-state index in [0.29, 0.717) is 11.3 Å². The highest BCUT2D eigenvalue weighted by molar-refractivity contribution is 5.85. The number of hydrogen-bond acceptors (Lipinski definition) is 5. The normalized spacial score (nSPS) is 22.1. The van der Waals surface area contributed by atoms with E-state index in [2.05, 4.69) is 34.2 Å². The second-order valence-electron chi connectivity index (χ2n) is 6.68. The predicted molar refractivity (Wildman–Crippen MR) is 86.2 cm³/mol. The summed E-state index contributed by atoms with van der Waals surface area (Å²) in [6.45, 7) is 8.66. The highest BCUT2D eigenvalue weighted by Gasteiger charge is 2.34. The van der Waals surface area contributed by atoms with E-state index >= 15 is 0 Å². The first-order chi connectivity index (χ1) is 9.69. The Kier molecular flexibility index (Phi) is 5.49. The fourth-order valence-electron chi connectivity index (χ4n) is 3.50. The third-order valence-electron chi connectivity index (χ3n) is 4.92. The van der Waals surface area contributed by atoms with Crippen LogP contribution in [0.2, 0.25) is 0 Å². The summed E-state index contributed by atoms with van der Waals surface area (Å²) in [4.78, 5) is 6.86. The Labute approximate surface area is 133 Å². The molecule has 3 heterocycles. The SMILES string of the molecule is CC(C)c1nc(N2CCCC3(CCNCC3)CC2)no1.Cl. The van der Waals surface area contributed by atoms with Gasteiger partial charge in [0.25, 0.3) is 5.95 Å². The molecule has 120 valence electrons. The maximum Gasteiger partial charge on any atom is 0.266 e. The number of aromatic nitrogens is 2. The molecule has 0 unspecified atom stereocenters. The van der Waals surface area contributed by atoms with Crippen molar-refractivity contribution < 1.29 is 4.52 Å². The lowest BCUT2D eigenvalue weighted by Crippen LogP contribution is -2.37. The molecule has 1 aromatic heterocycles. The average Bonchev–Trinajstić information content (AvgIpc) is 2.86. The van der Waals surface area contributed by atoms with Crippen LogP contribution in [-0.4, -0.2) is 36.3 Å². The quantitative estimate of drug-likeness (QED) is 0.909.